The van der Waals surface area contributed by atoms with Crippen molar-refractivity contribution in [2.45, 2.75) is 12.5 Å². The van der Waals surface area contributed by atoms with E-state index in [9.17, 15) is 24.0 Å². The summed E-state index contributed by atoms with van der Waals surface area (Å²) in [5, 5.41) is 42.2. The van der Waals surface area contributed by atoms with Gasteiger partial charge in [-0.15, -0.1) is 0 Å². The number of aromatic carboxylic acids is 1. The summed E-state index contributed by atoms with van der Waals surface area (Å²) in [4.78, 5) is 51.7. The molecule has 0 heterocycles. The van der Waals surface area contributed by atoms with Crippen LogP contribution in [-0.2, 0) is 23.9 Å². The van der Waals surface area contributed by atoms with Crippen molar-refractivity contribution in [3.05, 3.63) is 42.0 Å². The molecular formula is C15H14O11. The highest BCUT2D eigenvalue weighted by molar-refractivity contribution is 5.92. The molecule has 1 aromatic carbocycles. The number of ether oxygens (including phenoxy) is 1. The van der Waals surface area contributed by atoms with Crippen LogP contribution in [0.4, 0.5) is 0 Å². The first-order valence-electron chi connectivity index (χ1n) is 6.62. The van der Waals surface area contributed by atoms with Crippen molar-refractivity contribution in [3.63, 3.8) is 0 Å². The maximum Gasteiger partial charge on any atom is 0.345 e. The molecular weight excluding hydrogens is 356 g/mol. The van der Waals surface area contributed by atoms with E-state index < -0.39 is 42.4 Å². The van der Waals surface area contributed by atoms with Gasteiger partial charge in [0.1, 0.15) is 11.3 Å². The SMILES string of the molecule is O=C(O)/C=C/C(=O)OC(CC(=O)O)C(=O)O.O=C(O)c1ccccc1O. The van der Waals surface area contributed by atoms with E-state index in [1.807, 2.05) is 0 Å². The third-order valence-electron chi connectivity index (χ3n) is 2.39. The lowest BCUT2D eigenvalue weighted by molar-refractivity contribution is -0.164. The summed E-state index contributed by atoms with van der Waals surface area (Å²) in [5.74, 6) is -7.05. The van der Waals surface area contributed by atoms with Crippen molar-refractivity contribution < 1.29 is 54.2 Å². The number of phenols is 1. The molecule has 0 aliphatic heterocycles. The molecule has 26 heavy (non-hydrogen) atoms. The second kappa shape index (κ2) is 10.8. The van der Waals surface area contributed by atoms with Gasteiger partial charge in [0.2, 0.25) is 6.10 Å². The van der Waals surface area contributed by atoms with Crippen molar-refractivity contribution >= 4 is 29.8 Å². The highest BCUT2D eigenvalue weighted by Gasteiger charge is 2.24. The minimum atomic E-state index is -1.84. The van der Waals surface area contributed by atoms with E-state index in [1.54, 1.807) is 12.1 Å². The van der Waals surface area contributed by atoms with Crippen LogP contribution in [0.25, 0.3) is 0 Å². The molecule has 1 aromatic rings. The second-order valence-corrected chi connectivity index (χ2v) is 4.36. The Balaban J connectivity index is 0.000000531. The molecule has 0 aliphatic carbocycles. The standard InChI is InChI=1S/C8H8O8.C7H6O3/c9-5(10)1-2-7(13)16-4(8(14)15)3-6(11)12;8-6-4-2-1-3-5(6)7(9)10/h1-2,4H,3H2,(H,9,10)(H,11,12)(H,14,15);1-4,8H,(H,9,10)/b2-1+;. The summed E-state index contributed by atoms with van der Waals surface area (Å²) in [7, 11) is 0. The number of aromatic hydroxyl groups is 1. The van der Waals surface area contributed by atoms with Crippen LogP contribution in [-0.4, -0.2) is 61.5 Å². The Labute approximate surface area is 145 Å². The molecule has 0 saturated heterocycles. The van der Waals surface area contributed by atoms with Crippen molar-refractivity contribution in [1.82, 2.24) is 0 Å². The number of benzene rings is 1. The molecule has 5 N–H and O–H groups in total. The van der Waals surface area contributed by atoms with Gasteiger partial charge in [-0.25, -0.2) is 19.2 Å². The molecule has 11 nitrogen and oxygen atoms in total. The molecule has 0 bridgehead atoms. The Morgan fingerprint density at radius 1 is 0.962 bits per heavy atom. The topological polar surface area (TPSA) is 196 Å². The van der Waals surface area contributed by atoms with Gasteiger partial charge in [0.25, 0.3) is 0 Å². The van der Waals surface area contributed by atoms with Gasteiger partial charge in [0.15, 0.2) is 0 Å². The van der Waals surface area contributed by atoms with E-state index in [2.05, 4.69) is 4.74 Å². The average molecular weight is 370 g/mol. The van der Waals surface area contributed by atoms with E-state index in [-0.39, 0.29) is 11.3 Å². The van der Waals surface area contributed by atoms with Crippen molar-refractivity contribution in [2.75, 3.05) is 0 Å². The molecule has 0 fully saturated rings. The number of rotatable bonds is 7. The summed E-state index contributed by atoms with van der Waals surface area (Å²) in [5.41, 5.74) is -0.0671. The maximum atomic E-state index is 10.8. The summed E-state index contributed by atoms with van der Waals surface area (Å²) in [6.45, 7) is 0. The maximum absolute atomic E-state index is 10.8. The van der Waals surface area contributed by atoms with Crippen LogP contribution in [0.2, 0.25) is 0 Å². The Bertz CT molecular complexity index is 720. The lowest BCUT2D eigenvalue weighted by Crippen LogP contribution is -2.29. The largest absolute Gasteiger partial charge is 0.507 e. The van der Waals surface area contributed by atoms with Crippen LogP contribution in [0.1, 0.15) is 16.8 Å². The molecule has 0 spiro atoms. The fraction of sp³-hybridized carbons (Fsp3) is 0.133. The number of carbonyl (C=O) groups excluding carboxylic acids is 1. The van der Waals surface area contributed by atoms with E-state index in [1.165, 1.54) is 12.1 Å². The van der Waals surface area contributed by atoms with Crippen molar-refractivity contribution in [1.29, 1.82) is 0 Å². The number of para-hydroxylation sites is 1. The molecule has 0 aromatic heterocycles. The zero-order valence-electron chi connectivity index (χ0n) is 12.9. The van der Waals surface area contributed by atoms with Gasteiger partial charge in [-0.3, -0.25) is 4.79 Å². The molecule has 0 amide bonds. The molecule has 0 radical (unpaired) electrons. The van der Waals surface area contributed by atoms with Gasteiger partial charge >= 0.3 is 29.8 Å². The lowest BCUT2D eigenvalue weighted by atomic mass is 10.2. The first-order chi connectivity index (χ1) is 12.0. The minimum Gasteiger partial charge on any atom is -0.507 e. The molecule has 11 heteroatoms. The highest BCUT2D eigenvalue weighted by Crippen LogP contribution is 2.14. The Hall–Kier alpha value is -3.89. The zero-order valence-corrected chi connectivity index (χ0v) is 12.9. The van der Waals surface area contributed by atoms with E-state index in [0.717, 1.165) is 0 Å². The third-order valence-corrected chi connectivity index (χ3v) is 2.39. The van der Waals surface area contributed by atoms with Gasteiger partial charge in [-0.1, -0.05) is 12.1 Å². The number of hydrogen-bond acceptors (Lipinski definition) is 7. The fourth-order valence-electron chi connectivity index (χ4n) is 1.31. The van der Waals surface area contributed by atoms with Crippen LogP contribution in [0, 0.1) is 0 Å². The summed E-state index contributed by atoms with van der Waals surface area (Å²) in [6, 6.07) is 5.81. The monoisotopic (exact) mass is 370 g/mol. The van der Waals surface area contributed by atoms with Gasteiger partial charge in [0.05, 0.1) is 6.42 Å². The fourth-order valence-corrected chi connectivity index (χ4v) is 1.31. The highest BCUT2D eigenvalue weighted by atomic mass is 16.6. The number of carbonyl (C=O) groups is 5. The zero-order chi connectivity index (χ0) is 20.3. The van der Waals surface area contributed by atoms with E-state index in [0.29, 0.717) is 12.2 Å². The van der Waals surface area contributed by atoms with Crippen LogP contribution >= 0.6 is 0 Å². The van der Waals surface area contributed by atoms with Crippen LogP contribution in [0.15, 0.2) is 36.4 Å². The van der Waals surface area contributed by atoms with Crippen LogP contribution in [0.3, 0.4) is 0 Å². The molecule has 140 valence electrons. The first-order valence-corrected chi connectivity index (χ1v) is 6.62. The third kappa shape index (κ3) is 9.29. The summed E-state index contributed by atoms with van der Waals surface area (Å²) < 4.78 is 4.20. The van der Waals surface area contributed by atoms with Gasteiger partial charge in [-0.05, 0) is 12.1 Å². The van der Waals surface area contributed by atoms with Crippen molar-refractivity contribution in [2.24, 2.45) is 0 Å². The first kappa shape index (κ1) is 22.1. The number of esters is 1. The number of carboxylic acid groups (broad SMARTS) is 4. The van der Waals surface area contributed by atoms with Crippen molar-refractivity contribution in [3.8, 4) is 5.75 Å². The quantitative estimate of drug-likeness (QED) is 0.324. The van der Waals surface area contributed by atoms with Gasteiger partial charge in [-0.2, -0.15) is 0 Å². The lowest BCUT2D eigenvalue weighted by Gasteiger charge is -2.09. The smallest absolute Gasteiger partial charge is 0.345 e. The van der Waals surface area contributed by atoms with Crippen LogP contribution in [0.5, 0.6) is 5.75 Å². The van der Waals surface area contributed by atoms with E-state index >= 15 is 0 Å². The second-order valence-electron chi connectivity index (χ2n) is 4.36. The number of hydrogen-bond donors (Lipinski definition) is 5. The van der Waals surface area contributed by atoms with E-state index in [4.69, 9.17) is 25.5 Å². The van der Waals surface area contributed by atoms with Crippen LogP contribution < -0.4 is 0 Å². The Morgan fingerprint density at radius 3 is 1.92 bits per heavy atom. The summed E-state index contributed by atoms with van der Waals surface area (Å²) >= 11 is 0. The Morgan fingerprint density at radius 2 is 1.54 bits per heavy atom. The Kier molecular flexibility index (Phi) is 9.19. The minimum absolute atomic E-state index is 0.0671. The molecule has 1 unspecified atom stereocenters. The average Bonchev–Trinajstić information content (AvgIpc) is 2.52. The number of carboxylic acids is 4. The summed E-state index contributed by atoms with van der Waals surface area (Å²) in [6.07, 6.45) is -1.81. The van der Waals surface area contributed by atoms with Gasteiger partial charge in [0, 0.05) is 12.2 Å². The predicted octanol–water partition coefficient (Wildman–Crippen LogP) is 0.189. The molecule has 1 rings (SSSR count). The molecule has 1 atom stereocenters. The normalized spacial score (nSPS) is 10.9. The molecule has 0 saturated carbocycles. The predicted molar refractivity (Wildman–Crippen MR) is 81.6 cm³/mol. The van der Waals surface area contributed by atoms with Gasteiger partial charge < -0.3 is 30.3 Å². The number of aliphatic carboxylic acids is 3. The molecule has 0 aliphatic rings.